The molecule has 1 amide bonds. The maximum absolute atomic E-state index is 13.0. The summed E-state index contributed by atoms with van der Waals surface area (Å²) < 4.78 is 0.828. The molecule has 1 saturated heterocycles. The zero-order chi connectivity index (χ0) is 20.5. The average Bonchev–Trinajstić information content (AvgIpc) is 3.00. The first-order chi connectivity index (χ1) is 14.0. The van der Waals surface area contributed by atoms with Crippen LogP contribution in [-0.4, -0.2) is 21.9 Å². The van der Waals surface area contributed by atoms with Crippen LogP contribution in [0.4, 0.5) is 5.69 Å². The lowest BCUT2D eigenvalue weighted by Crippen LogP contribution is -2.29. The van der Waals surface area contributed by atoms with Gasteiger partial charge in [0.1, 0.15) is 11.5 Å². The third-order valence-corrected chi connectivity index (χ3v) is 5.33. The SMILES string of the molecule is O=C1C(=O)N(c2ccccc2)C(c2ccc(O)cc2)C1=C(O)c1ccc(Br)cc1. The van der Waals surface area contributed by atoms with Gasteiger partial charge < -0.3 is 10.2 Å². The molecule has 4 rings (SSSR count). The molecule has 1 aliphatic rings. The Morgan fingerprint density at radius 2 is 1.48 bits per heavy atom. The minimum atomic E-state index is -0.818. The Morgan fingerprint density at radius 3 is 2.10 bits per heavy atom. The number of halogens is 1. The highest BCUT2D eigenvalue weighted by atomic mass is 79.9. The second kappa shape index (κ2) is 7.56. The number of carbonyl (C=O) groups is 2. The van der Waals surface area contributed by atoms with E-state index in [1.165, 1.54) is 17.0 Å². The largest absolute Gasteiger partial charge is 0.508 e. The normalized spacial score (nSPS) is 18.2. The fraction of sp³-hybridized carbons (Fsp3) is 0.0435. The summed E-state index contributed by atoms with van der Waals surface area (Å²) in [5.41, 5.74) is 1.59. The Hall–Kier alpha value is -3.38. The van der Waals surface area contributed by atoms with Crippen LogP contribution in [0.5, 0.6) is 5.75 Å². The van der Waals surface area contributed by atoms with Crippen molar-refractivity contribution in [1.82, 2.24) is 0 Å². The third-order valence-electron chi connectivity index (χ3n) is 4.81. The number of amides is 1. The molecule has 1 unspecified atom stereocenters. The molecule has 6 heteroatoms. The van der Waals surface area contributed by atoms with Gasteiger partial charge in [0, 0.05) is 15.7 Å². The highest BCUT2D eigenvalue weighted by Crippen LogP contribution is 2.42. The fourth-order valence-corrected chi connectivity index (χ4v) is 3.69. The van der Waals surface area contributed by atoms with E-state index in [2.05, 4.69) is 15.9 Å². The van der Waals surface area contributed by atoms with Crippen LogP contribution in [0.3, 0.4) is 0 Å². The summed E-state index contributed by atoms with van der Waals surface area (Å²) in [6.07, 6.45) is 0. The molecule has 1 aliphatic heterocycles. The Labute approximate surface area is 175 Å². The van der Waals surface area contributed by atoms with Crippen molar-refractivity contribution in [2.45, 2.75) is 6.04 Å². The molecule has 144 valence electrons. The molecule has 2 N–H and O–H groups in total. The van der Waals surface area contributed by atoms with Gasteiger partial charge in [-0.1, -0.05) is 58.4 Å². The Bertz CT molecular complexity index is 1110. The van der Waals surface area contributed by atoms with E-state index in [0.717, 1.165) is 4.47 Å². The van der Waals surface area contributed by atoms with Gasteiger partial charge in [-0.25, -0.2) is 0 Å². The number of aliphatic hydroxyl groups excluding tert-OH is 1. The van der Waals surface area contributed by atoms with Crippen LogP contribution >= 0.6 is 15.9 Å². The smallest absolute Gasteiger partial charge is 0.300 e. The molecule has 0 spiro atoms. The lowest BCUT2D eigenvalue weighted by molar-refractivity contribution is -0.132. The van der Waals surface area contributed by atoms with E-state index in [-0.39, 0.29) is 17.1 Å². The van der Waals surface area contributed by atoms with Crippen molar-refractivity contribution >= 4 is 39.1 Å². The molecule has 3 aromatic carbocycles. The maximum atomic E-state index is 13.0. The number of aromatic hydroxyl groups is 1. The number of anilines is 1. The standard InChI is InChI=1S/C23H16BrNO4/c24-16-10-6-15(7-11-16)21(27)19-20(14-8-12-18(26)13-9-14)25(23(29)22(19)28)17-4-2-1-3-5-17/h1-13,20,26-27H. The molecule has 0 radical (unpaired) electrons. The number of hydrogen-bond donors (Lipinski definition) is 2. The van der Waals surface area contributed by atoms with Gasteiger partial charge in [0.15, 0.2) is 0 Å². The summed E-state index contributed by atoms with van der Waals surface area (Å²) >= 11 is 3.34. The van der Waals surface area contributed by atoms with Crippen LogP contribution in [0.1, 0.15) is 17.2 Å². The van der Waals surface area contributed by atoms with Gasteiger partial charge in [-0.05, 0) is 42.0 Å². The fourth-order valence-electron chi connectivity index (χ4n) is 3.42. The Balaban J connectivity index is 1.94. The van der Waals surface area contributed by atoms with Crippen LogP contribution in [0, 0.1) is 0 Å². The van der Waals surface area contributed by atoms with Crippen molar-refractivity contribution in [3.63, 3.8) is 0 Å². The molecule has 1 fully saturated rings. The predicted octanol–water partition coefficient (Wildman–Crippen LogP) is 4.78. The summed E-state index contributed by atoms with van der Waals surface area (Å²) in [6, 6.07) is 21.1. The van der Waals surface area contributed by atoms with Crippen LogP contribution in [0.25, 0.3) is 5.76 Å². The lowest BCUT2D eigenvalue weighted by atomic mass is 9.95. The second-order valence-corrected chi connectivity index (χ2v) is 7.52. The Morgan fingerprint density at radius 1 is 0.862 bits per heavy atom. The van der Waals surface area contributed by atoms with Crippen molar-refractivity contribution < 1.29 is 19.8 Å². The first-order valence-electron chi connectivity index (χ1n) is 8.88. The van der Waals surface area contributed by atoms with E-state index < -0.39 is 17.7 Å². The first-order valence-corrected chi connectivity index (χ1v) is 9.67. The van der Waals surface area contributed by atoms with Crippen molar-refractivity contribution in [2.75, 3.05) is 4.90 Å². The van der Waals surface area contributed by atoms with Crippen LogP contribution in [-0.2, 0) is 9.59 Å². The van der Waals surface area contributed by atoms with E-state index >= 15 is 0 Å². The molecule has 29 heavy (non-hydrogen) atoms. The van der Waals surface area contributed by atoms with Gasteiger partial charge in [-0.2, -0.15) is 0 Å². The van der Waals surface area contributed by atoms with E-state index in [9.17, 15) is 19.8 Å². The zero-order valence-electron chi connectivity index (χ0n) is 15.1. The molecule has 1 heterocycles. The van der Waals surface area contributed by atoms with Crippen LogP contribution in [0.15, 0.2) is 88.9 Å². The van der Waals surface area contributed by atoms with Gasteiger partial charge in [-0.3, -0.25) is 14.5 Å². The molecule has 0 saturated carbocycles. The number of ketones is 1. The highest BCUT2D eigenvalue weighted by Gasteiger charge is 2.46. The molecular weight excluding hydrogens is 434 g/mol. The second-order valence-electron chi connectivity index (χ2n) is 6.60. The lowest BCUT2D eigenvalue weighted by Gasteiger charge is -2.25. The number of rotatable bonds is 3. The number of Topliss-reactive ketones (excluding diaryl/α,β-unsaturated/α-hetero) is 1. The Kier molecular flexibility index (Phi) is 4.94. The number of hydrogen-bond acceptors (Lipinski definition) is 4. The van der Waals surface area contributed by atoms with E-state index in [1.54, 1.807) is 60.7 Å². The van der Waals surface area contributed by atoms with E-state index in [0.29, 0.717) is 16.8 Å². The van der Waals surface area contributed by atoms with Crippen molar-refractivity contribution in [1.29, 1.82) is 0 Å². The van der Waals surface area contributed by atoms with Gasteiger partial charge in [0.2, 0.25) is 0 Å². The molecule has 3 aromatic rings. The summed E-state index contributed by atoms with van der Waals surface area (Å²) in [5, 5.41) is 20.6. The number of nitrogens with zero attached hydrogens (tertiary/aromatic N) is 1. The number of benzene rings is 3. The third kappa shape index (κ3) is 3.43. The van der Waals surface area contributed by atoms with Gasteiger partial charge in [-0.15, -0.1) is 0 Å². The first kappa shape index (κ1) is 19.0. The molecule has 5 nitrogen and oxygen atoms in total. The van der Waals surface area contributed by atoms with Crippen LogP contribution in [0.2, 0.25) is 0 Å². The minimum absolute atomic E-state index is 0.00636. The monoisotopic (exact) mass is 449 g/mol. The summed E-state index contributed by atoms with van der Waals surface area (Å²) in [6.45, 7) is 0. The van der Waals surface area contributed by atoms with Gasteiger partial charge in [0.25, 0.3) is 11.7 Å². The minimum Gasteiger partial charge on any atom is -0.508 e. The van der Waals surface area contributed by atoms with E-state index in [4.69, 9.17) is 0 Å². The number of carbonyl (C=O) groups excluding carboxylic acids is 2. The summed E-state index contributed by atoms with van der Waals surface area (Å²) in [5.74, 6) is -1.65. The molecular formula is C23H16BrNO4. The molecule has 1 atom stereocenters. The van der Waals surface area contributed by atoms with Gasteiger partial charge >= 0.3 is 0 Å². The van der Waals surface area contributed by atoms with E-state index in [1.807, 2.05) is 6.07 Å². The molecule has 0 aromatic heterocycles. The van der Waals surface area contributed by atoms with Crippen molar-refractivity contribution in [3.05, 3.63) is 100 Å². The average molecular weight is 450 g/mol. The van der Waals surface area contributed by atoms with Crippen molar-refractivity contribution in [2.24, 2.45) is 0 Å². The number of aliphatic hydroxyl groups is 1. The predicted molar refractivity (Wildman–Crippen MR) is 113 cm³/mol. The maximum Gasteiger partial charge on any atom is 0.300 e. The highest BCUT2D eigenvalue weighted by molar-refractivity contribution is 9.10. The molecule has 0 aliphatic carbocycles. The van der Waals surface area contributed by atoms with Gasteiger partial charge in [0.05, 0.1) is 11.6 Å². The topological polar surface area (TPSA) is 77.8 Å². The number of phenols is 1. The number of para-hydroxylation sites is 1. The van der Waals surface area contributed by atoms with Crippen molar-refractivity contribution in [3.8, 4) is 5.75 Å². The quantitative estimate of drug-likeness (QED) is 0.342. The zero-order valence-corrected chi connectivity index (χ0v) is 16.7. The summed E-state index contributed by atoms with van der Waals surface area (Å²) in [7, 11) is 0. The summed E-state index contributed by atoms with van der Waals surface area (Å²) in [4.78, 5) is 27.3. The van der Waals surface area contributed by atoms with Crippen LogP contribution < -0.4 is 4.90 Å². The molecule has 0 bridgehead atoms. The number of phenolic OH excluding ortho intramolecular Hbond substituents is 1.